The first-order valence-corrected chi connectivity index (χ1v) is 11.9. The standard InChI is InChI=1S/C23H24N4O3S2/c1-3-8-26-20(25-9-4-5-10-25)17(15(2)18(13-24)21(26)28)12-19-22(29)27(23(31)32-19)14-16-7-6-11-30-16/h6-7,11-12H,3-5,8-10,14H2,1-2H3. The van der Waals surface area contributed by atoms with Gasteiger partial charge in [-0.05, 0) is 50.0 Å². The number of anilines is 1. The lowest BCUT2D eigenvalue weighted by atomic mass is 10.0. The number of rotatable bonds is 6. The molecule has 0 aliphatic carbocycles. The maximum Gasteiger partial charge on any atom is 0.270 e. The molecule has 0 saturated carbocycles. The molecule has 0 N–H and O–H groups in total. The van der Waals surface area contributed by atoms with E-state index in [9.17, 15) is 14.9 Å². The minimum Gasteiger partial charge on any atom is -0.467 e. The van der Waals surface area contributed by atoms with E-state index in [0.29, 0.717) is 27.1 Å². The Hall–Kier alpha value is -2.83. The fourth-order valence-electron chi connectivity index (χ4n) is 4.17. The maximum absolute atomic E-state index is 13.2. The molecule has 4 heterocycles. The molecule has 2 aromatic heterocycles. The van der Waals surface area contributed by atoms with Crippen molar-refractivity contribution in [2.75, 3.05) is 18.0 Å². The van der Waals surface area contributed by atoms with E-state index >= 15 is 0 Å². The highest BCUT2D eigenvalue weighted by Crippen LogP contribution is 2.37. The molecule has 0 radical (unpaired) electrons. The summed E-state index contributed by atoms with van der Waals surface area (Å²) in [6.45, 7) is 6.26. The van der Waals surface area contributed by atoms with Gasteiger partial charge in [0.05, 0.1) is 17.7 Å². The Labute approximate surface area is 196 Å². The number of thiocarbonyl (C=S) groups is 1. The number of hydrogen-bond donors (Lipinski definition) is 0. The number of carbonyl (C=O) groups excluding carboxylic acids is 1. The summed E-state index contributed by atoms with van der Waals surface area (Å²) in [7, 11) is 0. The molecule has 0 spiro atoms. The first-order chi connectivity index (χ1) is 15.5. The van der Waals surface area contributed by atoms with Crippen LogP contribution in [0.25, 0.3) is 6.08 Å². The summed E-state index contributed by atoms with van der Waals surface area (Å²) in [5, 5.41) is 9.70. The maximum atomic E-state index is 13.2. The predicted octanol–water partition coefficient (Wildman–Crippen LogP) is 4.03. The average Bonchev–Trinajstić information content (AvgIpc) is 3.52. The molecule has 166 valence electrons. The number of thioether (sulfide) groups is 1. The molecule has 0 unspecified atom stereocenters. The van der Waals surface area contributed by atoms with Crippen LogP contribution < -0.4 is 10.5 Å². The van der Waals surface area contributed by atoms with Crippen LogP contribution in [0.3, 0.4) is 0 Å². The van der Waals surface area contributed by atoms with Gasteiger partial charge in [-0.15, -0.1) is 0 Å². The Balaban J connectivity index is 1.83. The van der Waals surface area contributed by atoms with E-state index in [0.717, 1.165) is 43.7 Å². The first-order valence-electron chi connectivity index (χ1n) is 10.7. The molecule has 2 aliphatic rings. The molecule has 2 saturated heterocycles. The monoisotopic (exact) mass is 468 g/mol. The van der Waals surface area contributed by atoms with Gasteiger partial charge < -0.3 is 9.32 Å². The van der Waals surface area contributed by atoms with Gasteiger partial charge in [0, 0.05) is 25.2 Å². The van der Waals surface area contributed by atoms with Gasteiger partial charge in [0.2, 0.25) is 0 Å². The van der Waals surface area contributed by atoms with Gasteiger partial charge in [0.25, 0.3) is 11.5 Å². The summed E-state index contributed by atoms with van der Waals surface area (Å²) in [5.74, 6) is 1.25. The van der Waals surface area contributed by atoms with Crippen LogP contribution in [0.4, 0.5) is 5.82 Å². The molecule has 0 atom stereocenters. The van der Waals surface area contributed by atoms with Crippen LogP contribution in [0, 0.1) is 18.3 Å². The van der Waals surface area contributed by atoms with E-state index in [4.69, 9.17) is 16.6 Å². The van der Waals surface area contributed by atoms with Crippen molar-refractivity contribution in [3.8, 4) is 6.07 Å². The van der Waals surface area contributed by atoms with Gasteiger partial charge in [-0.1, -0.05) is 30.9 Å². The third-order valence-electron chi connectivity index (χ3n) is 5.74. The Kier molecular flexibility index (Phi) is 6.53. The third-order valence-corrected chi connectivity index (χ3v) is 7.12. The molecule has 2 fully saturated rings. The largest absolute Gasteiger partial charge is 0.467 e. The number of pyridine rings is 1. The van der Waals surface area contributed by atoms with Crippen molar-refractivity contribution < 1.29 is 9.21 Å². The second kappa shape index (κ2) is 9.35. The van der Waals surface area contributed by atoms with Crippen molar-refractivity contribution in [3.63, 3.8) is 0 Å². The second-order valence-corrected chi connectivity index (χ2v) is 9.52. The van der Waals surface area contributed by atoms with Crippen molar-refractivity contribution >= 4 is 46.1 Å². The Morgan fingerprint density at radius 3 is 2.69 bits per heavy atom. The molecule has 0 bridgehead atoms. The topological polar surface area (TPSA) is 82.5 Å². The number of amides is 1. The predicted molar refractivity (Wildman–Crippen MR) is 129 cm³/mol. The summed E-state index contributed by atoms with van der Waals surface area (Å²) in [6, 6.07) is 5.66. The van der Waals surface area contributed by atoms with Gasteiger partial charge in [-0.25, -0.2) is 0 Å². The zero-order chi connectivity index (χ0) is 22.8. The molecule has 4 rings (SSSR count). The lowest BCUT2D eigenvalue weighted by molar-refractivity contribution is -0.122. The van der Waals surface area contributed by atoms with E-state index in [1.54, 1.807) is 36.0 Å². The highest BCUT2D eigenvalue weighted by molar-refractivity contribution is 8.26. The van der Waals surface area contributed by atoms with Crippen LogP contribution in [-0.2, 0) is 17.9 Å². The quantitative estimate of drug-likeness (QED) is 0.467. The molecule has 0 aromatic carbocycles. The lowest BCUT2D eigenvalue weighted by Crippen LogP contribution is -2.33. The van der Waals surface area contributed by atoms with E-state index in [1.807, 2.05) is 6.92 Å². The van der Waals surface area contributed by atoms with Gasteiger partial charge in [0.15, 0.2) is 0 Å². The Bertz CT molecular complexity index is 1190. The molecular formula is C23H24N4O3S2. The van der Waals surface area contributed by atoms with E-state index in [1.165, 1.54) is 16.7 Å². The molecular weight excluding hydrogens is 444 g/mol. The smallest absolute Gasteiger partial charge is 0.270 e. The molecule has 2 aromatic rings. The summed E-state index contributed by atoms with van der Waals surface area (Å²) in [5.41, 5.74) is 1.20. The highest BCUT2D eigenvalue weighted by atomic mass is 32.2. The van der Waals surface area contributed by atoms with Crippen LogP contribution in [-0.4, -0.2) is 32.8 Å². The number of aromatic nitrogens is 1. The molecule has 32 heavy (non-hydrogen) atoms. The van der Waals surface area contributed by atoms with E-state index < -0.39 is 0 Å². The third kappa shape index (κ3) is 4.00. The zero-order valence-corrected chi connectivity index (χ0v) is 19.7. The minimum absolute atomic E-state index is 0.124. The number of hydrogen-bond acceptors (Lipinski definition) is 7. The SMILES string of the molecule is CCCn1c(N2CCCC2)c(C=C2SC(=S)N(Cc3ccco3)C2=O)c(C)c(C#N)c1=O. The van der Waals surface area contributed by atoms with Gasteiger partial charge >= 0.3 is 0 Å². The van der Waals surface area contributed by atoms with Crippen LogP contribution >= 0.6 is 24.0 Å². The van der Waals surface area contributed by atoms with Gasteiger partial charge in [-0.2, -0.15) is 5.26 Å². The number of furan rings is 1. The lowest BCUT2D eigenvalue weighted by Gasteiger charge is -2.26. The fourth-order valence-corrected chi connectivity index (χ4v) is 5.41. The van der Waals surface area contributed by atoms with Crippen molar-refractivity contribution in [1.29, 1.82) is 5.26 Å². The Morgan fingerprint density at radius 1 is 1.31 bits per heavy atom. The van der Waals surface area contributed by atoms with Crippen LogP contribution in [0.2, 0.25) is 0 Å². The minimum atomic E-state index is -0.267. The molecule has 1 amide bonds. The number of nitriles is 1. The number of carbonyl (C=O) groups is 1. The normalized spacial score (nSPS) is 17.6. The van der Waals surface area contributed by atoms with Crippen LogP contribution in [0.1, 0.15) is 48.6 Å². The van der Waals surface area contributed by atoms with E-state index in [-0.39, 0.29) is 23.6 Å². The summed E-state index contributed by atoms with van der Waals surface area (Å²) >= 11 is 6.69. The van der Waals surface area contributed by atoms with Crippen molar-refractivity contribution in [2.24, 2.45) is 0 Å². The van der Waals surface area contributed by atoms with Gasteiger partial charge in [0.1, 0.15) is 27.5 Å². The number of nitrogens with zero attached hydrogens (tertiary/aromatic N) is 4. The molecule has 7 nitrogen and oxygen atoms in total. The summed E-state index contributed by atoms with van der Waals surface area (Å²) in [4.78, 5) is 30.5. The van der Waals surface area contributed by atoms with Crippen LogP contribution in [0.5, 0.6) is 0 Å². The summed E-state index contributed by atoms with van der Waals surface area (Å²) < 4.78 is 7.53. The molecule has 2 aliphatic heterocycles. The molecule has 9 heteroatoms. The summed E-state index contributed by atoms with van der Waals surface area (Å²) in [6.07, 6.45) is 6.22. The highest BCUT2D eigenvalue weighted by Gasteiger charge is 2.34. The first kappa shape index (κ1) is 22.4. The van der Waals surface area contributed by atoms with E-state index in [2.05, 4.69) is 11.0 Å². The van der Waals surface area contributed by atoms with Crippen molar-refractivity contribution in [1.82, 2.24) is 9.47 Å². The fraction of sp³-hybridized carbons (Fsp3) is 0.391. The Morgan fingerprint density at radius 2 is 2.06 bits per heavy atom. The second-order valence-electron chi connectivity index (χ2n) is 7.85. The zero-order valence-electron chi connectivity index (χ0n) is 18.1. The van der Waals surface area contributed by atoms with Crippen molar-refractivity contribution in [3.05, 3.63) is 56.1 Å². The van der Waals surface area contributed by atoms with Crippen LogP contribution in [0.15, 0.2) is 32.5 Å². The average molecular weight is 469 g/mol. The van der Waals surface area contributed by atoms with Crippen molar-refractivity contribution in [2.45, 2.75) is 46.2 Å². The van der Waals surface area contributed by atoms with Gasteiger partial charge in [-0.3, -0.25) is 19.1 Å².